The van der Waals surface area contributed by atoms with E-state index in [1.165, 1.54) is 0 Å². The van der Waals surface area contributed by atoms with Crippen molar-refractivity contribution in [2.45, 2.75) is 33.1 Å². The Labute approximate surface area is 291 Å². The number of benzene rings is 4. The molecule has 0 saturated heterocycles. The molecule has 51 heavy (non-hydrogen) atoms. The van der Waals surface area contributed by atoms with Gasteiger partial charge in [-0.2, -0.15) is 10.1 Å². The van der Waals surface area contributed by atoms with Gasteiger partial charge in [-0.3, -0.25) is 10.6 Å². The lowest BCUT2D eigenvalue weighted by Gasteiger charge is -2.14. The second kappa shape index (κ2) is 13.2. The standard InChI is InChI=1S/C37H33N9O5/c1-21-9-12-23(13-10-21)46-31(20-30(44-46)37(2,3)4)41-35(47)40-27-14-16-28(25-8-6-5-7-24(25)27)50-32-17-18-38-34(42-32)39-22-11-15-29-26(19-22)33(45-51-29)43-36(48)49/h5-20H,1-4H3,(H,43,45)(H,48,49)(H,38,39,42)(H2,40,41,47). The molecule has 5 N–H and O–H groups in total. The fourth-order valence-corrected chi connectivity index (χ4v) is 5.37. The van der Waals surface area contributed by atoms with Gasteiger partial charge in [-0.1, -0.05) is 67.9 Å². The van der Waals surface area contributed by atoms with Gasteiger partial charge in [0.15, 0.2) is 11.4 Å². The average Bonchev–Trinajstić information content (AvgIpc) is 3.70. The highest BCUT2D eigenvalue weighted by Crippen LogP contribution is 2.35. The van der Waals surface area contributed by atoms with Gasteiger partial charge >= 0.3 is 12.1 Å². The first-order valence-electron chi connectivity index (χ1n) is 15.9. The molecule has 0 unspecified atom stereocenters. The molecule has 256 valence electrons. The largest absolute Gasteiger partial charge is 0.465 e. The SMILES string of the molecule is Cc1ccc(-n2nc(C(C)(C)C)cc2NC(=O)Nc2ccc(Oc3ccnc(Nc4ccc5onc(NC(=O)O)c5c4)n3)c3ccccc23)cc1. The Balaban J connectivity index is 1.10. The van der Waals surface area contributed by atoms with E-state index in [4.69, 9.17) is 19.5 Å². The van der Waals surface area contributed by atoms with E-state index in [2.05, 4.69) is 57.2 Å². The van der Waals surface area contributed by atoms with Crippen molar-refractivity contribution in [3.63, 3.8) is 0 Å². The molecule has 0 aliphatic carbocycles. The number of fused-ring (bicyclic) bond motifs is 2. The number of carbonyl (C=O) groups is 2. The molecule has 0 aliphatic rings. The van der Waals surface area contributed by atoms with Crippen molar-refractivity contribution < 1.29 is 24.0 Å². The first-order valence-corrected chi connectivity index (χ1v) is 15.9. The Morgan fingerprint density at radius 1 is 0.863 bits per heavy atom. The van der Waals surface area contributed by atoms with Crippen molar-refractivity contribution in [2.75, 3.05) is 21.3 Å². The van der Waals surface area contributed by atoms with Gasteiger partial charge in [0.25, 0.3) is 0 Å². The van der Waals surface area contributed by atoms with E-state index in [9.17, 15) is 9.59 Å². The quantitative estimate of drug-likeness (QED) is 0.104. The van der Waals surface area contributed by atoms with E-state index in [1.807, 2.05) is 61.5 Å². The number of carboxylic acid groups (broad SMARTS) is 1. The minimum absolute atomic E-state index is 0.0741. The van der Waals surface area contributed by atoms with Crippen LogP contribution < -0.4 is 26.0 Å². The van der Waals surface area contributed by atoms with Crippen molar-refractivity contribution in [3.8, 4) is 17.3 Å². The number of nitrogens with one attached hydrogen (secondary N) is 4. The van der Waals surface area contributed by atoms with Gasteiger partial charge in [0.2, 0.25) is 11.8 Å². The van der Waals surface area contributed by atoms with Crippen molar-refractivity contribution in [3.05, 3.63) is 108 Å². The van der Waals surface area contributed by atoms with Crippen LogP contribution >= 0.6 is 0 Å². The summed E-state index contributed by atoms with van der Waals surface area (Å²) in [5.41, 5.74) is 4.14. The number of ether oxygens (including phenoxy) is 1. The summed E-state index contributed by atoms with van der Waals surface area (Å²) in [5, 5.41) is 30.9. The summed E-state index contributed by atoms with van der Waals surface area (Å²) in [6.45, 7) is 8.25. The molecule has 0 saturated carbocycles. The Bertz CT molecular complexity index is 2410. The lowest BCUT2D eigenvalue weighted by atomic mass is 9.92. The molecule has 3 aromatic heterocycles. The molecule has 14 heteroatoms. The van der Waals surface area contributed by atoms with Crippen LogP contribution in [-0.4, -0.2) is 42.1 Å². The molecule has 7 aromatic rings. The van der Waals surface area contributed by atoms with E-state index < -0.39 is 12.1 Å². The third-order valence-electron chi connectivity index (χ3n) is 7.93. The highest BCUT2D eigenvalue weighted by molar-refractivity contribution is 6.07. The van der Waals surface area contributed by atoms with Crippen LogP contribution in [0, 0.1) is 6.92 Å². The number of anilines is 5. The van der Waals surface area contributed by atoms with E-state index in [-0.39, 0.29) is 23.1 Å². The van der Waals surface area contributed by atoms with Gasteiger partial charge < -0.3 is 25.0 Å². The number of amides is 3. The summed E-state index contributed by atoms with van der Waals surface area (Å²) < 4.78 is 13.1. The fraction of sp³-hybridized carbons (Fsp3) is 0.135. The maximum absolute atomic E-state index is 13.5. The number of nitrogens with zero attached hydrogens (tertiary/aromatic N) is 5. The molecule has 14 nitrogen and oxygen atoms in total. The summed E-state index contributed by atoms with van der Waals surface area (Å²) in [6, 6.07) is 27.2. The van der Waals surface area contributed by atoms with Gasteiger partial charge in [-0.05, 0) is 49.4 Å². The number of urea groups is 1. The first-order chi connectivity index (χ1) is 24.5. The molecule has 3 heterocycles. The van der Waals surface area contributed by atoms with Crippen molar-refractivity contribution in [1.29, 1.82) is 0 Å². The maximum Gasteiger partial charge on any atom is 0.410 e. The molecular weight excluding hydrogens is 650 g/mol. The highest BCUT2D eigenvalue weighted by atomic mass is 16.5. The van der Waals surface area contributed by atoms with Gasteiger partial charge in [0, 0.05) is 40.2 Å². The zero-order valence-electron chi connectivity index (χ0n) is 28.1. The molecule has 0 radical (unpaired) electrons. The zero-order chi connectivity index (χ0) is 35.7. The van der Waals surface area contributed by atoms with Crippen molar-refractivity contribution >= 4 is 62.8 Å². The summed E-state index contributed by atoms with van der Waals surface area (Å²) in [4.78, 5) is 33.4. The molecule has 0 bridgehead atoms. The predicted molar refractivity (Wildman–Crippen MR) is 195 cm³/mol. The number of hydrogen-bond donors (Lipinski definition) is 5. The molecular formula is C37H33N9O5. The minimum atomic E-state index is -1.26. The predicted octanol–water partition coefficient (Wildman–Crippen LogP) is 8.83. The molecule has 0 spiro atoms. The molecule has 0 fully saturated rings. The van der Waals surface area contributed by atoms with Crippen LogP contribution in [0.2, 0.25) is 0 Å². The second-order valence-corrected chi connectivity index (χ2v) is 12.8. The Hall–Kier alpha value is -6.96. The first kappa shape index (κ1) is 32.6. The van der Waals surface area contributed by atoms with E-state index in [0.717, 1.165) is 27.7 Å². The molecule has 4 aromatic carbocycles. The molecule has 0 aliphatic heterocycles. The van der Waals surface area contributed by atoms with Gasteiger partial charge in [0.1, 0.15) is 11.6 Å². The Kier molecular flexibility index (Phi) is 8.40. The van der Waals surface area contributed by atoms with Crippen LogP contribution in [-0.2, 0) is 5.41 Å². The number of carbonyl (C=O) groups excluding carboxylic acids is 1. The number of aryl methyl sites for hydroxylation is 1. The van der Waals surface area contributed by atoms with E-state index in [0.29, 0.717) is 33.9 Å². The van der Waals surface area contributed by atoms with Crippen molar-refractivity contribution in [2.24, 2.45) is 0 Å². The number of hydrogen-bond acceptors (Lipinski definition) is 9. The van der Waals surface area contributed by atoms with Crippen LogP contribution in [0.4, 0.5) is 38.5 Å². The summed E-state index contributed by atoms with van der Waals surface area (Å²) in [5.74, 6) is 1.65. The monoisotopic (exact) mass is 683 g/mol. The highest BCUT2D eigenvalue weighted by Gasteiger charge is 2.22. The van der Waals surface area contributed by atoms with Crippen LogP contribution in [0.5, 0.6) is 11.6 Å². The van der Waals surface area contributed by atoms with Crippen LogP contribution in [0.15, 0.2) is 102 Å². The fourth-order valence-electron chi connectivity index (χ4n) is 5.37. The second-order valence-electron chi connectivity index (χ2n) is 12.8. The van der Waals surface area contributed by atoms with Crippen LogP contribution in [0.25, 0.3) is 27.4 Å². The normalized spacial score (nSPS) is 11.4. The topological polar surface area (TPSA) is 181 Å². The van der Waals surface area contributed by atoms with Crippen LogP contribution in [0.3, 0.4) is 0 Å². The summed E-state index contributed by atoms with van der Waals surface area (Å²) in [6.07, 6.45) is 0.294. The average molecular weight is 684 g/mol. The van der Waals surface area contributed by atoms with Gasteiger partial charge in [0.05, 0.1) is 22.5 Å². The van der Waals surface area contributed by atoms with Gasteiger partial charge in [-0.15, -0.1) is 0 Å². The third kappa shape index (κ3) is 7.10. The van der Waals surface area contributed by atoms with Gasteiger partial charge in [-0.25, -0.2) is 19.3 Å². The zero-order valence-corrected chi connectivity index (χ0v) is 28.1. The molecule has 3 amide bonds. The van der Waals surface area contributed by atoms with E-state index in [1.54, 1.807) is 47.3 Å². The minimum Gasteiger partial charge on any atom is -0.465 e. The maximum atomic E-state index is 13.5. The molecule has 7 rings (SSSR count). The number of rotatable bonds is 8. The smallest absolute Gasteiger partial charge is 0.410 e. The third-order valence-corrected chi connectivity index (χ3v) is 7.93. The molecule has 0 atom stereocenters. The Morgan fingerprint density at radius 3 is 2.41 bits per heavy atom. The van der Waals surface area contributed by atoms with Crippen molar-refractivity contribution in [1.82, 2.24) is 24.9 Å². The van der Waals surface area contributed by atoms with E-state index >= 15 is 0 Å². The van der Waals surface area contributed by atoms with Crippen LogP contribution in [0.1, 0.15) is 32.0 Å². The Morgan fingerprint density at radius 2 is 1.65 bits per heavy atom. The lowest BCUT2D eigenvalue weighted by Crippen LogP contribution is -2.21. The summed E-state index contributed by atoms with van der Waals surface area (Å²) in [7, 11) is 0. The lowest BCUT2D eigenvalue weighted by molar-refractivity contribution is 0.209. The number of aromatic nitrogens is 5. The summed E-state index contributed by atoms with van der Waals surface area (Å²) >= 11 is 0.